The summed E-state index contributed by atoms with van der Waals surface area (Å²) in [5.41, 5.74) is 0. The second-order valence-corrected chi connectivity index (χ2v) is 3.99. The first-order valence-corrected chi connectivity index (χ1v) is 5.44. The van der Waals surface area contributed by atoms with Gasteiger partial charge in [0.1, 0.15) is 12.1 Å². The van der Waals surface area contributed by atoms with Gasteiger partial charge in [-0.15, -0.1) is 0 Å². The Labute approximate surface area is 102 Å². The smallest absolute Gasteiger partial charge is 0.326 e. The molecule has 4 N–H and O–H groups in total. The number of amides is 2. The van der Waals surface area contributed by atoms with E-state index in [2.05, 4.69) is 10.6 Å². The summed E-state index contributed by atoms with van der Waals surface area (Å²) in [7, 11) is 0. The summed E-state index contributed by atoms with van der Waals surface area (Å²) in [6, 6.07) is -1.28. The summed E-state index contributed by atoms with van der Waals surface area (Å²) in [5, 5.41) is 21.3. The normalized spacial score (nSPS) is 25.8. The molecule has 2 heterocycles. The molecule has 0 bridgehead atoms. The zero-order valence-corrected chi connectivity index (χ0v) is 9.51. The molecule has 0 aromatic rings. The van der Waals surface area contributed by atoms with Crippen molar-refractivity contribution in [3.63, 3.8) is 0 Å². The van der Waals surface area contributed by atoms with Crippen molar-refractivity contribution in [2.45, 2.75) is 37.8 Å². The Bertz CT molecular complexity index is 345. The molecule has 2 aliphatic heterocycles. The first kappa shape index (κ1) is 13.9. The maximum absolute atomic E-state index is 10.4. The second kappa shape index (κ2) is 5.99. The van der Waals surface area contributed by atoms with Crippen molar-refractivity contribution in [3.05, 3.63) is 0 Å². The van der Waals surface area contributed by atoms with E-state index in [9.17, 15) is 19.2 Å². The van der Waals surface area contributed by atoms with Crippen LogP contribution in [0.2, 0.25) is 0 Å². The molecule has 2 rings (SSSR count). The number of carbonyl (C=O) groups excluding carboxylic acids is 2. The SMILES string of the molecule is O=C1CC[C@@H](C(=O)O)N1.O=C1CC[C@H](C(=O)O)N1. The number of rotatable bonds is 2. The number of hydrogen-bond acceptors (Lipinski definition) is 4. The van der Waals surface area contributed by atoms with Crippen molar-refractivity contribution in [3.8, 4) is 0 Å². The van der Waals surface area contributed by atoms with Gasteiger partial charge in [0.25, 0.3) is 0 Å². The van der Waals surface area contributed by atoms with Crippen molar-refractivity contribution in [1.82, 2.24) is 10.6 Å². The van der Waals surface area contributed by atoms with E-state index in [0.717, 1.165) is 0 Å². The molecule has 0 saturated carbocycles. The summed E-state index contributed by atoms with van der Waals surface area (Å²) in [4.78, 5) is 41.0. The van der Waals surface area contributed by atoms with Crippen LogP contribution in [0.3, 0.4) is 0 Å². The molecule has 18 heavy (non-hydrogen) atoms. The standard InChI is InChI=1S/2C5H7NO3/c2*7-4-2-1-3(6-4)5(8)9/h2*3H,1-2H2,(H,6,7)(H,8,9)/t2*3-/m10/s1. The van der Waals surface area contributed by atoms with E-state index in [1.165, 1.54) is 0 Å². The fraction of sp³-hybridized carbons (Fsp3) is 0.600. The van der Waals surface area contributed by atoms with E-state index in [1.807, 2.05) is 0 Å². The molecule has 8 nitrogen and oxygen atoms in total. The van der Waals surface area contributed by atoms with Crippen LogP contribution in [-0.4, -0.2) is 46.0 Å². The van der Waals surface area contributed by atoms with Crippen LogP contribution in [0.5, 0.6) is 0 Å². The largest absolute Gasteiger partial charge is 0.480 e. The number of hydrogen-bond donors (Lipinski definition) is 4. The monoisotopic (exact) mass is 258 g/mol. The van der Waals surface area contributed by atoms with Gasteiger partial charge >= 0.3 is 11.9 Å². The van der Waals surface area contributed by atoms with Crippen LogP contribution >= 0.6 is 0 Å². The molecule has 2 atom stereocenters. The average molecular weight is 258 g/mol. The van der Waals surface area contributed by atoms with Gasteiger partial charge in [-0.05, 0) is 12.8 Å². The third-order valence-electron chi connectivity index (χ3n) is 2.59. The number of carbonyl (C=O) groups is 4. The highest BCUT2D eigenvalue weighted by molar-refractivity contribution is 5.87. The minimum atomic E-state index is -0.944. The predicted octanol–water partition coefficient (Wildman–Crippen LogP) is -1.30. The van der Waals surface area contributed by atoms with Crippen LogP contribution in [0.25, 0.3) is 0 Å². The molecule has 0 radical (unpaired) electrons. The molecule has 2 aliphatic rings. The fourth-order valence-corrected chi connectivity index (χ4v) is 1.60. The predicted molar refractivity (Wildman–Crippen MR) is 57.6 cm³/mol. The lowest BCUT2D eigenvalue weighted by atomic mass is 10.2. The quantitative estimate of drug-likeness (QED) is 0.486. The van der Waals surface area contributed by atoms with E-state index in [-0.39, 0.29) is 11.8 Å². The van der Waals surface area contributed by atoms with Crippen molar-refractivity contribution >= 4 is 23.8 Å². The van der Waals surface area contributed by atoms with Gasteiger partial charge in [0.2, 0.25) is 11.8 Å². The van der Waals surface area contributed by atoms with Crippen molar-refractivity contribution < 1.29 is 29.4 Å². The minimum absolute atomic E-state index is 0.164. The summed E-state index contributed by atoms with van der Waals surface area (Å²) < 4.78 is 0. The summed E-state index contributed by atoms with van der Waals surface area (Å²) in [5.74, 6) is -2.22. The van der Waals surface area contributed by atoms with Crippen molar-refractivity contribution in [1.29, 1.82) is 0 Å². The molecule has 0 aliphatic carbocycles. The highest BCUT2D eigenvalue weighted by Crippen LogP contribution is 2.05. The Morgan fingerprint density at radius 3 is 1.33 bits per heavy atom. The van der Waals surface area contributed by atoms with Crippen LogP contribution in [0, 0.1) is 0 Å². The number of aliphatic carboxylic acids is 2. The molecule has 100 valence electrons. The van der Waals surface area contributed by atoms with Gasteiger partial charge in [-0.1, -0.05) is 0 Å². The van der Waals surface area contributed by atoms with Crippen LogP contribution < -0.4 is 10.6 Å². The Kier molecular flexibility index (Phi) is 4.64. The van der Waals surface area contributed by atoms with Gasteiger partial charge in [0.15, 0.2) is 0 Å². The van der Waals surface area contributed by atoms with Crippen LogP contribution in [-0.2, 0) is 19.2 Å². The molecule has 0 aromatic heterocycles. The highest BCUT2D eigenvalue weighted by Gasteiger charge is 2.26. The van der Waals surface area contributed by atoms with E-state index in [4.69, 9.17) is 10.2 Å². The Morgan fingerprint density at radius 1 is 0.889 bits per heavy atom. The van der Waals surface area contributed by atoms with Gasteiger partial charge in [0.05, 0.1) is 0 Å². The van der Waals surface area contributed by atoms with Crippen molar-refractivity contribution in [2.75, 3.05) is 0 Å². The number of nitrogens with one attached hydrogen (secondary N) is 2. The van der Waals surface area contributed by atoms with Gasteiger partial charge in [-0.2, -0.15) is 0 Å². The van der Waals surface area contributed by atoms with Gasteiger partial charge in [0, 0.05) is 12.8 Å². The zero-order valence-electron chi connectivity index (χ0n) is 9.51. The Balaban J connectivity index is 0.000000180. The Morgan fingerprint density at radius 2 is 1.22 bits per heavy atom. The molecular weight excluding hydrogens is 244 g/mol. The summed E-state index contributed by atoms with van der Waals surface area (Å²) in [6.07, 6.45) is 1.54. The van der Waals surface area contributed by atoms with Crippen LogP contribution in [0.1, 0.15) is 25.7 Å². The molecule has 2 amide bonds. The van der Waals surface area contributed by atoms with E-state index in [1.54, 1.807) is 0 Å². The van der Waals surface area contributed by atoms with Gasteiger partial charge in [-0.25, -0.2) is 9.59 Å². The Hall–Kier alpha value is -2.12. The minimum Gasteiger partial charge on any atom is -0.480 e. The van der Waals surface area contributed by atoms with Crippen LogP contribution in [0.4, 0.5) is 0 Å². The number of carboxylic acid groups (broad SMARTS) is 2. The molecule has 2 saturated heterocycles. The molecule has 0 aromatic carbocycles. The highest BCUT2D eigenvalue weighted by atomic mass is 16.4. The first-order valence-electron chi connectivity index (χ1n) is 5.44. The van der Waals surface area contributed by atoms with E-state index in [0.29, 0.717) is 25.7 Å². The summed E-state index contributed by atoms with van der Waals surface area (Å²) >= 11 is 0. The van der Waals surface area contributed by atoms with Gasteiger partial charge < -0.3 is 20.8 Å². The third-order valence-corrected chi connectivity index (χ3v) is 2.59. The molecule has 0 spiro atoms. The van der Waals surface area contributed by atoms with Gasteiger partial charge in [-0.3, -0.25) is 9.59 Å². The first-order chi connectivity index (χ1) is 8.40. The van der Waals surface area contributed by atoms with Crippen LogP contribution in [0.15, 0.2) is 0 Å². The number of carboxylic acids is 2. The average Bonchev–Trinajstić information content (AvgIpc) is 2.88. The lowest BCUT2D eigenvalue weighted by Crippen LogP contribution is -2.32. The lowest BCUT2D eigenvalue weighted by Gasteiger charge is -1.99. The molecule has 8 heteroatoms. The summed E-state index contributed by atoms with van der Waals surface area (Å²) in [6.45, 7) is 0. The maximum atomic E-state index is 10.4. The topological polar surface area (TPSA) is 133 Å². The lowest BCUT2D eigenvalue weighted by molar-refractivity contribution is -0.140. The molecule has 0 unspecified atom stereocenters. The molecular formula is C10H14N2O6. The van der Waals surface area contributed by atoms with Crippen molar-refractivity contribution in [2.24, 2.45) is 0 Å². The molecule has 2 fully saturated rings. The van der Waals surface area contributed by atoms with E-state index >= 15 is 0 Å². The third kappa shape index (κ3) is 4.04. The fourth-order valence-electron chi connectivity index (χ4n) is 1.60. The maximum Gasteiger partial charge on any atom is 0.326 e. The zero-order chi connectivity index (χ0) is 13.7. The van der Waals surface area contributed by atoms with E-state index < -0.39 is 24.0 Å². The second-order valence-electron chi connectivity index (χ2n) is 3.99.